The molecule has 3 aliphatic rings. The summed E-state index contributed by atoms with van der Waals surface area (Å²) >= 11 is 0. The number of carbonyl (C=O) groups is 2. The molecule has 1 aromatic heterocycles. The molecule has 0 N–H and O–H groups in total. The summed E-state index contributed by atoms with van der Waals surface area (Å²) in [7, 11) is 2.53. The number of nitrogens with zero attached hydrogens (tertiary/aromatic N) is 6. The smallest absolute Gasteiger partial charge is 0.355 e. The van der Waals surface area contributed by atoms with E-state index in [2.05, 4.69) is 9.80 Å². The minimum absolute atomic E-state index is 0.0477. The number of carbonyl (C=O) groups excluding carboxylic acids is 2. The summed E-state index contributed by atoms with van der Waals surface area (Å²) in [5, 5.41) is 0. The summed E-state index contributed by atoms with van der Waals surface area (Å²) in [4.78, 5) is 45.3. The Morgan fingerprint density at radius 3 is 1.87 bits per heavy atom. The maximum absolute atomic E-state index is 12.7. The van der Waals surface area contributed by atoms with Gasteiger partial charge in [-0.2, -0.15) is 15.0 Å². The molecule has 0 unspecified atom stereocenters. The lowest BCUT2D eigenvalue weighted by molar-refractivity contribution is -0.139. The van der Waals surface area contributed by atoms with Gasteiger partial charge in [0.1, 0.15) is 5.70 Å². The molecule has 0 aliphatic carbocycles. The number of morpholine rings is 2. The lowest BCUT2D eigenvalue weighted by Gasteiger charge is -2.30. The van der Waals surface area contributed by atoms with Gasteiger partial charge >= 0.3 is 11.9 Å². The number of methoxy groups -OCH3 is 2. The topological polar surface area (TPSA) is 119 Å². The molecule has 0 atom stereocenters. The fourth-order valence-electron chi connectivity index (χ4n) is 4.43. The van der Waals surface area contributed by atoms with Crippen molar-refractivity contribution in [3.63, 3.8) is 0 Å². The van der Waals surface area contributed by atoms with Crippen LogP contribution in [0.5, 0.6) is 0 Å². The Labute approximate surface area is 226 Å². The molecule has 0 amide bonds. The molecular weight excluding hydrogens is 504 g/mol. The maximum atomic E-state index is 12.7. The van der Waals surface area contributed by atoms with Crippen LogP contribution in [0.1, 0.15) is 0 Å². The van der Waals surface area contributed by atoms with Crippen LogP contribution in [0.2, 0.25) is 0 Å². The van der Waals surface area contributed by atoms with E-state index in [1.807, 2.05) is 24.3 Å². The first-order chi connectivity index (χ1) is 19.1. The van der Waals surface area contributed by atoms with E-state index >= 15 is 0 Å². The first-order valence-corrected chi connectivity index (χ1v) is 12.7. The van der Waals surface area contributed by atoms with Crippen LogP contribution in [0.3, 0.4) is 0 Å². The normalized spacial score (nSPS) is 17.7. The Morgan fingerprint density at radius 1 is 0.769 bits per heavy atom. The second-order valence-electron chi connectivity index (χ2n) is 8.82. The third kappa shape index (κ3) is 5.76. The number of hydrogen-bond acceptors (Lipinski definition) is 12. The molecule has 2 aromatic rings. The van der Waals surface area contributed by atoms with Crippen molar-refractivity contribution in [2.24, 2.45) is 0 Å². The summed E-state index contributed by atoms with van der Waals surface area (Å²) in [5.74, 6) is 0.432. The minimum atomic E-state index is -0.668. The standard InChI is InChI=1S/C27H30N6O6/c1-36-24(34)21-5-3-4-10-33(22(21)25(35)37-2)20-8-6-19(7-9-20)23-28-26(31-11-15-38-16-12-31)30-27(29-23)32-13-17-39-18-14-32/h3-10H,11-18H2,1-2H3. The van der Waals surface area contributed by atoms with E-state index in [0.717, 1.165) is 5.56 Å². The van der Waals surface area contributed by atoms with Crippen LogP contribution in [0.25, 0.3) is 11.4 Å². The monoisotopic (exact) mass is 534 g/mol. The van der Waals surface area contributed by atoms with E-state index in [9.17, 15) is 9.59 Å². The van der Waals surface area contributed by atoms with E-state index in [0.29, 0.717) is 76.0 Å². The van der Waals surface area contributed by atoms with Gasteiger partial charge < -0.3 is 33.6 Å². The van der Waals surface area contributed by atoms with Gasteiger partial charge in [-0.3, -0.25) is 0 Å². The first kappa shape index (κ1) is 26.3. The Hall–Kier alpha value is -4.29. The molecule has 4 heterocycles. The van der Waals surface area contributed by atoms with Crippen LogP contribution in [0.15, 0.2) is 60.0 Å². The zero-order valence-corrected chi connectivity index (χ0v) is 21.9. The van der Waals surface area contributed by atoms with E-state index in [4.69, 9.17) is 33.9 Å². The van der Waals surface area contributed by atoms with Gasteiger partial charge in [-0.15, -0.1) is 0 Å². The number of hydrogen-bond donors (Lipinski definition) is 0. The molecular formula is C27H30N6O6. The second kappa shape index (κ2) is 12.0. The largest absolute Gasteiger partial charge is 0.465 e. The third-order valence-corrected chi connectivity index (χ3v) is 6.49. The van der Waals surface area contributed by atoms with Gasteiger partial charge in [0.2, 0.25) is 11.9 Å². The quantitative estimate of drug-likeness (QED) is 0.502. The predicted molar refractivity (Wildman–Crippen MR) is 143 cm³/mol. The molecule has 5 rings (SSSR count). The summed E-state index contributed by atoms with van der Waals surface area (Å²) in [6, 6.07) is 7.40. The highest BCUT2D eigenvalue weighted by Crippen LogP contribution is 2.29. The van der Waals surface area contributed by atoms with Crippen molar-refractivity contribution in [1.82, 2.24) is 15.0 Å². The second-order valence-corrected chi connectivity index (χ2v) is 8.82. The molecule has 39 heavy (non-hydrogen) atoms. The molecule has 0 radical (unpaired) electrons. The number of esters is 2. The molecule has 3 aliphatic heterocycles. The van der Waals surface area contributed by atoms with E-state index in [1.54, 1.807) is 23.3 Å². The van der Waals surface area contributed by atoms with Crippen LogP contribution in [-0.2, 0) is 28.5 Å². The molecule has 204 valence electrons. The van der Waals surface area contributed by atoms with Crippen LogP contribution in [0.4, 0.5) is 17.6 Å². The zero-order chi connectivity index (χ0) is 27.2. The van der Waals surface area contributed by atoms with Crippen LogP contribution in [0, 0.1) is 0 Å². The van der Waals surface area contributed by atoms with Crippen molar-refractivity contribution in [2.45, 2.75) is 0 Å². The van der Waals surface area contributed by atoms with Gasteiger partial charge in [0.05, 0.1) is 46.2 Å². The first-order valence-electron chi connectivity index (χ1n) is 12.7. The van der Waals surface area contributed by atoms with Crippen molar-refractivity contribution in [3.8, 4) is 11.4 Å². The highest BCUT2D eigenvalue weighted by atomic mass is 16.5. The van der Waals surface area contributed by atoms with Crippen molar-refractivity contribution in [3.05, 3.63) is 60.0 Å². The van der Waals surface area contributed by atoms with Crippen LogP contribution < -0.4 is 14.7 Å². The van der Waals surface area contributed by atoms with E-state index in [-0.39, 0.29) is 11.3 Å². The number of aromatic nitrogens is 3. The highest BCUT2D eigenvalue weighted by molar-refractivity contribution is 6.05. The van der Waals surface area contributed by atoms with Crippen molar-refractivity contribution < 1.29 is 28.5 Å². The average molecular weight is 535 g/mol. The Bertz CT molecular complexity index is 1260. The minimum Gasteiger partial charge on any atom is -0.465 e. The van der Waals surface area contributed by atoms with Gasteiger partial charge in [0, 0.05) is 43.6 Å². The average Bonchev–Trinajstić information content (AvgIpc) is 3.24. The summed E-state index contributed by atoms with van der Waals surface area (Å²) in [5.41, 5.74) is 1.54. The fourth-order valence-corrected chi connectivity index (χ4v) is 4.43. The molecule has 12 heteroatoms. The fraction of sp³-hybridized carbons (Fsp3) is 0.370. The SMILES string of the molecule is COC(=O)C1=C(C(=O)OC)N(c2ccc(-c3nc(N4CCOCC4)nc(N4CCOCC4)n3)cc2)C=CC=C1. The predicted octanol–water partition coefficient (Wildman–Crippen LogP) is 1.70. The van der Waals surface area contributed by atoms with Crippen molar-refractivity contribution in [1.29, 1.82) is 0 Å². The Kier molecular flexibility index (Phi) is 8.13. The molecule has 0 saturated carbocycles. The van der Waals surface area contributed by atoms with Gasteiger partial charge in [0.25, 0.3) is 0 Å². The number of ether oxygens (including phenoxy) is 4. The maximum Gasteiger partial charge on any atom is 0.355 e. The van der Waals surface area contributed by atoms with Crippen LogP contribution >= 0.6 is 0 Å². The lowest BCUT2D eigenvalue weighted by atomic mass is 10.1. The summed E-state index contributed by atoms with van der Waals surface area (Å²) in [6.07, 6.45) is 6.59. The van der Waals surface area contributed by atoms with E-state index < -0.39 is 11.9 Å². The number of rotatable bonds is 6. The Balaban J connectivity index is 1.51. The van der Waals surface area contributed by atoms with Gasteiger partial charge in [0.15, 0.2) is 5.82 Å². The van der Waals surface area contributed by atoms with Gasteiger partial charge in [-0.1, -0.05) is 6.08 Å². The summed E-state index contributed by atoms with van der Waals surface area (Å²) < 4.78 is 20.9. The van der Waals surface area contributed by atoms with Crippen molar-refractivity contribution in [2.75, 3.05) is 81.5 Å². The van der Waals surface area contributed by atoms with Crippen molar-refractivity contribution >= 4 is 29.5 Å². The molecule has 12 nitrogen and oxygen atoms in total. The molecule has 2 fully saturated rings. The molecule has 0 spiro atoms. The number of anilines is 3. The van der Waals surface area contributed by atoms with Gasteiger partial charge in [-0.05, 0) is 36.4 Å². The van der Waals surface area contributed by atoms with Gasteiger partial charge in [-0.25, -0.2) is 9.59 Å². The van der Waals surface area contributed by atoms with Crippen LogP contribution in [-0.4, -0.2) is 93.7 Å². The summed E-state index contributed by atoms with van der Waals surface area (Å²) in [6.45, 7) is 5.26. The van der Waals surface area contributed by atoms with E-state index in [1.165, 1.54) is 20.3 Å². The molecule has 2 saturated heterocycles. The Morgan fingerprint density at radius 2 is 1.33 bits per heavy atom. The molecule has 0 bridgehead atoms. The number of benzene rings is 1. The highest BCUT2D eigenvalue weighted by Gasteiger charge is 2.28. The lowest BCUT2D eigenvalue weighted by Crippen LogP contribution is -2.40. The third-order valence-electron chi connectivity index (χ3n) is 6.49. The number of allylic oxidation sites excluding steroid dienone is 2. The zero-order valence-electron chi connectivity index (χ0n) is 21.9. The molecule has 1 aromatic carbocycles.